The van der Waals surface area contributed by atoms with Gasteiger partial charge >= 0.3 is 16.4 Å². The van der Waals surface area contributed by atoms with Gasteiger partial charge in [0.05, 0.1) is 19.8 Å². The molecule has 204 valence electrons. The third-order valence-corrected chi connectivity index (χ3v) is 5.49. The van der Waals surface area contributed by atoms with Gasteiger partial charge in [0, 0.05) is 26.1 Å². The van der Waals surface area contributed by atoms with E-state index in [0.29, 0.717) is 26.1 Å². The Balaban J connectivity index is 0. The van der Waals surface area contributed by atoms with E-state index < -0.39 is 16.4 Å². The molecule has 9 nitrogen and oxygen atoms in total. The van der Waals surface area contributed by atoms with Crippen molar-refractivity contribution in [3.8, 4) is 0 Å². The number of aliphatic hydroxyl groups excluding tert-OH is 3. The minimum Gasteiger partial charge on any atom is -0.395 e. The van der Waals surface area contributed by atoms with Gasteiger partial charge in [-0.1, -0.05) is 70.4 Å². The first-order chi connectivity index (χ1) is 16.3. The number of rotatable bonds is 22. The zero-order valence-electron chi connectivity index (χ0n) is 21.1. The zero-order valence-corrected chi connectivity index (χ0v) is 21.9. The largest absolute Gasteiger partial charge is 0.448 e. The molecule has 0 bridgehead atoms. The molecule has 34 heavy (non-hydrogen) atoms. The molecule has 0 aliphatic heterocycles. The molecule has 0 aromatic heterocycles. The van der Waals surface area contributed by atoms with Crippen molar-refractivity contribution in [3.63, 3.8) is 0 Å². The second kappa shape index (κ2) is 26.6. The van der Waals surface area contributed by atoms with E-state index in [9.17, 15) is 13.2 Å². The van der Waals surface area contributed by atoms with E-state index in [1.165, 1.54) is 44.9 Å². The summed E-state index contributed by atoms with van der Waals surface area (Å²) in [6.45, 7) is 3.99. The normalized spacial score (nSPS) is 11.6. The first-order valence-electron chi connectivity index (χ1n) is 12.7. The second-order valence-corrected chi connectivity index (χ2v) is 9.25. The molecule has 0 atom stereocenters. The molecule has 0 rings (SSSR count). The predicted octanol–water partition coefficient (Wildman–Crippen LogP) is 3.64. The second-order valence-electron chi connectivity index (χ2n) is 8.23. The summed E-state index contributed by atoms with van der Waals surface area (Å²) in [6, 6.07) is 0. The molecule has 10 heteroatoms. The summed E-state index contributed by atoms with van der Waals surface area (Å²) in [5.41, 5.74) is 0. The van der Waals surface area contributed by atoms with E-state index in [2.05, 4.69) is 23.3 Å². The standard InChI is InChI=1S/C18H34O5S.C6H15NO3/c1-2-3-4-5-6-7-8-9-10-11-12-13-14-15-16-17-18(19)23-24(20,21)22;8-4-1-7(2-5-9)3-6-10/h9-10H,2-8,11-17H2,1H3,(H,20,21,22);8-10H,1-6H2/b10-9-;. The van der Waals surface area contributed by atoms with Crippen molar-refractivity contribution in [1.82, 2.24) is 4.90 Å². The maximum absolute atomic E-state index is 11.0. The predicted molar refractivity (Wildman–Crippen MR) is 135 cm³/mol. The molecule has 0 saturated carbocycles. The highest BCUT2D eigenvalue weighted by Crippen LogP contribution is 2.10. The van der Waals surface area contributed by atoms with Gasteiger partial charge in [-0.05, 0) is 32.1 Å². The highest BCUT2D eigenvalue weighted by atomic mass is 32.3. The van der Waals surface area contributed by atoms with Gasteiger partial charge in [0.15, 0.2) is 0 Å². The lowest BCUT2D eigenvalue weighted by molar-refractivity contribution is -0.134. The molecule has 0 radical (unpaired) electrons. The third-order valence-electron chi connectivity index (χ3n) is 5.09. The number of nitrogens with zero attached hydrogens (tertiary/aromatic N) is 1. The van der Waals surface area contributed by atoms with Gasteiger partial charge in [-0.3, -0.25) is 14.2 Å². The fraction of sp³-hybridized carbons (Fsp3) is 0.875. The molecule has 4 N–H and O–H groups in total. The van der Waals surface area contributed by atoms with E-state index in [-0.39, 0.29) is 26.2 Å². The van der Waals surface area contributed by atoms with Crippen LogP contribution in [0.2, 0.25) is 0 Å². The number of aliphatic hydroxyl groups is 3. The summed E-state index contributed by atoms with van der Waals surface area (Å²) in [5, 5.41) is 25.5. The van der Waals surface area contributed by atoms with Gasteiger partial charge < -0.3 is 19.5 Å². The summed E-state index contributed by atoms with van der Waals surface area (Å²) >= 11 is 0. The minimum absolute atomic E-state index is 0.0257. The van der Waals surface area contributed by atoms with Gasteiger partial charge in [-0.2, -0.15) is 8.42 Å². The number of allylic oxidation sites excluding steroid dienone is 2. The maximum atomic E-state index is 11.0. The van der Waals surface area contributed by atoms with Crippen LogP contribution in [-0.4, -0.2) is 78.6 Å². The molecule has 0 unspecified atom stereocenters. The Bertz CT molecular complexity index is 555. The van der Waals surface area contributed by atoms with Crippen molar-refractivity contribution in [2.75, 3.05) is 39.5 Å². The highest BCUT2D eigenvalue weighted by molar-refractivity contribution is 7.81. The van der Waals surface area contributed by atoms with Crippen LogP contribution in [0.5, 0.6) is 0 Å². The quantitative estimate of drug-likeness (QED) is 0.0972. The summed E-state index contributed by atoms with van der Waals surface area (Å²) < 4.78 is 32.8. The first kappa shape index (κ1) is 35.1. The number of carbonyl (C=O) groups is 1. The SMILES string of the molecule is CCCCCCCC/C=C\CCCCCCCC(=O)OS(=O)(=O)O.OCCN(CCO)CCO. The number of hydrogen-bond donors (Lipinski definition) is 4. The minimum atomic E-state index is -4.65. The van der Waals surface area contributed by atoms with Gasteiger partial charge in [0.2, 0.25) is 0 Å². The van der Waals surface area contributed by atoms with Crippen molar-refractivity contribution >= 4 is 16.4 Å². The van der Waals surface area contributed by atoms with Gasteiger partial charge in [0.25, 0.3) is 0 Å². The van der Waals surface area contributed by atoms with E-state index in [1.54, 1.807) is 4.90 Å². The highest BCUT2D eigenvalue weighted by Gasteiger charge is 2.12. The van der Waals surface area contributed by atoms with Crippen molar-refractivity contribution in [1.29, 1.82) is 0 Å². The van der Waals surface area contributed by atoms with Crippen LogP contribution < -0.4 is 0 Å². The Morgan fingerprint density at radius 2 is 1.15 bits per heavy atom. The number of carbonyl (C=O) groups excluding carboxylic acids is 1. The van der Waals surface area contributed by atoms with E-state index in [0.717, 1.165) is 32.1 Å². The van der Waals surface area contributed by atoms with Crippen LogP contribution in [0.4, 0.5) is 0 Å². The smallest absolute Gasteiger partial charge is 0.395 e. The Labute approximate surface area is 207 Å². The van der Waals surface area contributed by atoms with E-state index in [1.807, 2.05) is 0 Å². The molecule has 0 heterocycles. The Morgan fingerprint density at radius 1 is 0.735 bits per heavy atom. The van der Waals surface area contributed by atoms with Gasteiger partial charge in [-0.15, -0.1) is 0 Å². The molecule has 0 aliphatic rings. The zero-order chi connectivity index (χ0) is 25.9. The summed E-state index contributed by atoms with van der Waals surface area (Å²) in [6.07, 6.45) is 19.6. The average molecular weight is 512 g/mol. The van der Waals surface area contributed by atoms with E-state index >= 15 is 0 Å². The fourth-order valence-corrected chi connectivity index (χ4v) is 3.58. The summed E-state index contributed by atoms with van der Waals surface area (Å²) in [7, 11) is -4.65. The van der Waals surface area contributed by atoms with Crippen LogP contribution in [0, 0.1) is 0 Å². The summed E-state index contributed by atoms with van der Waals surface area (Å²) in [5.74, 6) is -0.893. The molecule has 0 aromatic carbocycles. The molecular weight excluding hydrogens is 462 g/mol. The molecule has 0 aromatic rings. The first-order valence-corrected chi connectivity index (χ1v) is 14.1. The summed E-state index contributed by atoms with van der Waals surface area (Å²) in [4.78, 5) is 12.8. The van der Waals surface area contributed by atoms with Crippen molar-refractivity contribution in [2.45, 2.75) is 96.8 Å². The number of unbranched alkanes of at least 4 members (excludes halogenated alkanes) is 11. The monoisotopic (exact) mass is 511 g/mol. The molecule has 0 aliphatic carbocycles. The maximum Gasteiger partial charge on any atom is 0.448 e. The Morgan fingerprint density at radius 3 is 1.56 bits per heavy atom. The van der Waals surface area contributed by atoms with Crippen LogP contribution in [-0.2, 0) is 19.4 Å². The van der Waals surface area contributed by atoms with E-state index in [4.69, 9.17) is 19.9 Å². The fourth-order valence-electron chi connectivity index (χ4n) is 3.26. The lowest BCUT2D eigenvalue weighted by atomic mass is 10.1. The van der Waals surface area contributed by atoms with Crippen LogP contribution in [0.3, 0.4) is 0 Å². The third kappa shape index (κ3) is 31.0. The number of hydrogen-bond acceptors (Lipinski definition) is 8. The molecular formula is C24H49NO8S. The molecule has 0 amide bonds. The topological polar surface area (TPSA) is 145 Å². The van der Waals surface area contributed by atoms with Crippen LogP contribution in [0.25, 0.3) is 0 Å². The Kier molecular flexibility index (Phi) is 27.4. The van der Waals surface area contributed by atoms with Crippen molar-refractivity contribution in [3.05, 3.63) is 12.2 Å². The van der Waals surface area contributed by atoms with Crippen molar-refractivity contribution in [2.24, 2.45) is 0 Å². The molecule has 0 fully saturated rings. The lowest BCUT2D eigenvalue weighted by Crippen LogP contribution is -2.32. The van der Waals surface area contributed by atoms with Crippen molar-refractivity contribution < 1.29 is 37.3 Å². The molecule has 0 spiro atoms. The Hall–Kier alpha value is -1.04. The van der Waals surface area contributed by atoms with Gasteiger partial charge in [-0.25, -0.2) is 0 Å². The lowest BCUT2D eigenvalue weighted by Gasteiger charge is -2.17. The molecule has 0 saturated heterocycles. The van der Waals surface area contributed by atoms with Crippen LogP contribution >= 0.6 is 0 Å². The van der Waals surface area contributed by atoms with Gasteiger partial charge in [0.1, 0.15) is 0 Å². The van der Waals surface area contributed by atoms with Crippen LogP contribution in [0.15, 0.2) is 12.2 Å². The van der Waals surface area contributed by atoms with Crippen LogP contribution in [0.1, 0.15) is 96.8 Å². The average Bonchev–Trinajstić information content (AvgIpc) is 2.76.